The van der Waals surface area contributed by atoms with Crippen molar-refractivity contribution in [3.63, 3.8) is 0 Å². The largest absolute Gasteiger partial charge is 0.455 e. The molecule has 0 heterocycles. The number of carbonyl (C=O) groups is 2. The fourth-order valence-corrected chi connectivity index (χ4v) is 6.70. The molecule has 1 spiro atoms. The molecule has 3 aliphatic rings. The highest BCUT2D eigenvalue weighted by Gasteiger charge is 2.72. The van der Waals surface area contributed by atoms with E-state index in [9.17, 15) is 24.9 Å². The maximum Gasteiger partial charge on any atom is 0.306 e. The van der Waals surface area contributed by atoms with Crippen molar-refractivity contribution in [3.05, 3.63) is 36.0 Å². The van der Waals surface area contributed by atoms with Crippen molar-refractivity contribution < 1.29 is 29.6 Å². The van der Waals surface area contributed by atoms with Crippen LogP contribution in [0.5, 0.6) is 0 Å². The lowest BCUT2D eigenvalue weighted by atomic mass is 9.59. The van der Waals surface area contributed by atoms with Gasteiger partial charge in [-0.05, 0) is 54.1 Å². The first-order valence-corrected chi connectivity index (χ1v) is 12.6. The molecule has 0 aromatic carbocycles. The van der Waals surface area contributed by atoms with Gasteiger partial charge in [0.1, 0.15) is 6.10 Å². The number of carbonyl (C=O) groups excluding carboxylic acids is 2. The Bertz CT molecular complexity index is 901. The lowest BCUT2D eigenvalue weighted by Gasteiger charge is -2.48. The molecular weight excluding hydrogens is 432 g/mol. The van der Waals surface area contributed by atoms with E-state index in [-0.39, 0.29) is 35.5 Å². The zero-order chi connectivity index (χ0) is 25.6. The van der Waals surface area contributed by atoms with Crippen molar-refractivity contribution in [2.45, 2.75) is 85.0 Å². The van der Waals surface area contributed by atoms with E-state index in [2.05, 4.69) is 13.5 Å². The van der Waals surface area contributed by atoms with Crippen LogP contribution < -0.4 is 0 Å². The third-order valence-corrected chi connectivity index (χ3v) is 9.29. The fourth-order valence-electron chi connectivity index (χ4n) is 6.70. The highest BCUT2D eigenvalue weighted by Crippen LogP contribution is 2.62. The number of esters is 1. The van der Waals surface area contributed by atoms with Crippen molar-refractivity contribution in [3.8, 4) is 0 Å². The van der Waals surface area contributed by atoms with Crippen LogP contribution in [0, 0.1) is 34.5 Å². The Hall–Kier alpha value is -1.76. The number of aliphatic hydroxyl groups is 3. The Morgan fingerprint density at radius 2 is 1.97 bits per heavy atom. The van der Waals surface area contributed by atoms with Crippen molar-refractivity contribution in [2.75, 3.05) is 6.61 Å². The molecular formula is C28H42O6. The molecule has 0 saturated heterocycles. The summed E-state index contributed by atoms with van der Waals surface area (Å²) in [6.45, 7) is 15.1. The minimum absolute atomic E-state index is 0.0655. The number of hydrogen-bond donors (Lipinski definition) is 3. The second-order valence-corrected chi connectivity index (χ2v) is 11.5. The molecule has 6 nitrogen and oxygen atoms in total. The molecule has 1 saturated carbocycles. The molecule has 3 N–H and O–H groups in total. The molecule has 0 aliphatic heterocycles. The molecule has 3 rings (SSSR count). The molecule has 0 radical (unpaired) electrons. The van der Waals surface area contributed by atoms with Crippen LogP contribution in [0.2, 0.25) is 0 Å². The monoisotopic (exact) mass is 474 g/mol. The molecule has 1 fully saturated rings. The van der Waals surface area contributed by atoms with Gasteiger partial charge in [0.25, 0.3) is 0 Å². The van der Waals surface area contributed by atoms with Gasteiger partial charge < -0.3 is 20.1 Å². The first-order valence-electron chi connectivity index (χ1n) is 12.6. The van der Waals surface area contributed by atoms with Crippen LogP contribution in [0.3, 0.4) is 0 Å². The standard InChI is InChI=1S/C28H42O6/c1-8-10-19(9-2)12-22(30)34-25-16(3)14-27-18(5)11-17(4)26(6,7)21(24(27)32)13-20(15-29)23(31)28(25,27)33/h8,13-14,17-19,21,23,25,29,31,33H,1,9-12,15H2,2-7H3/t17-,18?,19?,21+,23+,25-,27?,28-/m0/s1. The summed E-state index contributed by atoms with van der Waals surface area (Å²) in [4.78, 5) is 27.3. The summed E-state index contributed by atoms with van der Waals surface area (Å²) >= 11 is 0. The van der Waals surface area contributed by atoms with Crippen molar-refractivity contribution in [1.29, 1.82) is 0 Å². The zero-order valence-electron chi connectivity index (χ0n) is 21.5. The van der Waals surface area contributed by atoms with E-state index in [4.69, 9.17) is 4.74 Å². The van der Waals surface area contributed by atoms with E-state index in [1.54, 1.807) is 25.2 Å². The lowest BCUT2D eigenvalue weighted by Crippen LogP contribution is -2.65. The summed E-state index contributed by atoms with van der Waals surface area (Å²) < 4.78 is 5.88. The highest BCUT2D eigenvalue weighted by atomic mass is 16.6. The van der Waals surface area contributed by atoms with Crippen molar-refractivity contribution >= 4 is 11.8 Å². The lowest BCUT2D eigenvalue weighted by molar-refractivity contribution is -0.203. The number of allylic oxidation sites excluding steroid dienone is 2. The second kappa shape index (κ2) is 9.36. The Balaban J connectivity index is 2.14. The molecule has 0 aromatic heterocycles. The van der Waals surface area contributed by atoms with E-state index >= 15 is 0 Å². The summed E-state index contributed by atoms with van der Waals surface area (Å²) in [5, 5.41) is 34.1. The Morgan fingerprint density at radius 3 is 2.53 bits per heavy atom. The van der Waals surface area contributed by atoms with Crippen LogP contribution >= 0.6 is 0 Å². The molecule has 2 bridgehead atoms. The van der Waals surface area contributed by atoms with Crippen LogP contribution in [-0.4, -0.2) is 51.5 Å². The Morgan fingerprint density at radius 1 is 1.32 bits per heavy atom. The van der Waals surface area contributed by atoms with Gasteiger partial charge in [0.2, 0.25) is 0 Å². The number of fused-ring (bicyclic) bond motifs is 1. The number of Topliss-reactive ketones (excluding diaryl/α,β-unsaturated/α-hetero) is 1. The molecule has 3 aliphatic carbocycles. The second-order valence-electron chi connectivity index (χ2n) is 11.5. The highest BCUT2D eigenvalue weighted by molar-refractivity contribution is 5.95. The smallest absolute Gasteiger partial charge is 0.306 e. The van der Waals surface area contributed by atoms with Crippen LogP contribution in [0.25, 0.3) is 0 Å². The summed E-state index contributed by atoms with van der Waals surface area (Å²) in [7, 11) is 0. The van der Waals surface area contributed by atoms with E-state index in [1.165, 1.54) is 0 Å². The van der Waals surface area contributed by atoms with Gasteiger partial charge in [-0.1, -0.05) is 59.3 Å². The van der Waals surface area contributed by atoms with E-state index in [1.807, 2.05) is 27.7 Å². The third kappa shape index (κ3) is 3.73. The number of rotatable bonds is 7. The van der Waals surface area contributed by atoms with Gasteiger partial charge >= 0.3 is 5.97 Å². The number of ketones is 1. The van der Waals surface area contributed by atoms with Gasteiger partial charge in [0.15, 0.2) is 17.5 Å². The van der Waals surface area contributed by atoms with Gasteiger partial charge in [0, 0.05) is 12.3 Å². The quantitative estimate of drug-likeness (QED) is 0.384. The average Bonchev–Trinajstić information content (AvgIpc) is 2.94. The van der Waals surface area contributed by atoms with Crippen molar-refractivity contribution in [1.82, 2.24) is 0 Å². The predicted octanol–water partition coefficient (Wildman–Crippen LogP) is 3.75. The van der Waals surface area contributed by atoms with E-state index in [0.29, 0.717) is 18.4 Å². The first kappa shape index (κ1) is 26.8. The van der Waals surface area contributed by atoms with E-state index in [0.717, 1.165) is 6.42 Å². The molecule has 8 atom stereocenters. The maximum absolute atomic E-state index is 14.3. The zero-order valence-corrected chi connectivity index (χ0v) is 21.5. The molecule has 6 heteroatoms. The third-order valence-electron chi connectivity index (χ3n) is 9.29. The molecule has 3 unspecified atom stereocenters. The summed E-state index contributed by atoms with van der Waals surface area (Å²) in [5.74, 6) is -1.37. The van der Waals surface area contributed by atoms with E-state index < -0.39 is 47.1 Å². The predicted molar refractivity (Wildman–Crippen MR) is 131 cm³/mol. The average molecular weight is 475 g/mol. The van der Waals surface area contributed by atoms with Crippen LogP contribution in [0.4, 0.5) is 0 Å². The van der Waals surface area contributed by atoms with Crippen LogP contribution in [0.15, 0.2) is 36.0 Å². The summed E-state index contributed by atoms with van der Waals surface area (Å²) in [5.41, 5.74) is -3.24. The Kier molecular flexibility index (Phi) is 7.39. The van der Waals surface area contributed by atoms with Gasteiger partial charge in [-0.25, -0.2) is 0 Å². The van der Waals surface area contributed by atoms with Gasteiger partial charge in [-0.2, -0.15) is 0 Å². The molecule has 190 valence electrons. The number of ether oxygens (including phenoxy) is 1. The van der Waals surface area contributed by atoms with Crippen molar-refractivity contribution in [2.24, 2.45) is 34.5 Å². The number of aliphatic hydroxyl groups excluding tert-OH is 2. The summed E-state index contributed by atoms with van der Waals surface area (Å²) in [6.07, 6.45) is 4.69. The van der Waals surface area contributed by atoms with Crippen LogP contribution in [0.1, 0.15) is 67.2 Å². The van der Waals surface area contributed by atoms with Crippen LogP contribution in [-0.2, 0) is 14.3 Å². The minimum atomic E-state index is -2.10. The minimum Gasteiger partial charge on any atom is -0.455 e. The normalized spacial score (nSPS) is 39.8. The fraction of sp³-hybridized carbons (Fsp3) is 0.714. The van der Waals surface area contributed by atoms with Gasteiger partial charge in [0.05, 0.1) is 12.0 Å². The molecule has 34 heavy (non-hydrogen) atoms. The Labute approximate surface area is 203 Å². The topological polar surface area (TPSA) is 104 Å². The summed E-state index contributed by atoms with van der Waals surface area (Å²) in [6, 6.07) is 0. The maximum atomic E-state index is 14.3. The molecule has 0 amide bonds. The van der Waals surface area contributed by atoms with Gasteiger partial charge in [-0.15, -0.1) is 6.58 Å². The first-order chi connectivity index (χ1) is 15.8. The SMILES string of the molecule is C=CCC(CC)CC(=O)O[C@H]1C(C)=CC23C(=O)[C@@H](C=C(CO)[C@@H](O)[C@]12O)C(C)(C)[C@@H](C)CC3C. The molecule has 0 aromatic rings. The van der Waals surface area contributed by atoms with Gasteiger partial charge in [-0.3, -0.25) is 9.59 Å². The number of hydrogen-bond acceptors (Lipinski definition) is 6.